The number of hydrogen-bond donors (Lipinski definition) is 1. The number of amidine groups is 1. The fourth-order valence-electron chi connectivity index (χ4n) is 2.30. The predicted molar refractivity (Wildman–Crippen MR) is 93.2 cm³/mol. The lowest BCUT2D eigenvalue weighted by Crippen LogP contribution is -2.29. The summed E-state index contributed by atoms with van der Waals surface area (Å²) in [7, 11) is 1.53. The van der Waals surface area contributed by atoms with Crippen LogP contribution in [0.1, 0.15) is 10.4 Å². The molecule has 126 valence electrons. The summed E-state index contributed by atoms with van der Waals surface area (Å²) in [4.78, 5) is 25.8. The van der Waals surface area contributed by atoms with Gasteiger partial charge >= 0.3 is 11.9 Å². The summed E-state index contributed by atoms with van der Waals surface area (Å²) in [6.07, 6.45) is 1.07. The van der Waals surface area contributed by atoms with Gasteiger partial charge in [-0.2, -0.15) is 0 Å². The summed E-state index contributed by atoms with van der Waals surface area (Å²) in [5.41, 5.74) is 0.687. The predicted octanol–water partition coefficient (Wildman–Crippen LogP) is 3.41. The molecule has 1 saturated heterocycles. The van der Waals surface area contributed by atoms with Gasteiger partial charge in [-0.05, 0) is 36.4 Å². The van der Waals surface area contributed by atoms with Crippen molar-refractivity contribution in [3.05, 3.63) is 71.0 Å². The minimum Gasteiger partial charge on any atom is -0.497 e. The third-order valence-corrected chi connectivity index (χ3v) is 3.87. The second kappa shape index (κ2) is 6.78. The zero-order chi connectivity index (χ0) is 18.0. The molecule has 1 N–H and O–H groups in total. The number of carbonyl (C=O) groups excluding carboxylic acids is 2. The quantitative estimate of drug-likeness (QED) is 0.672. The molecule has 2 aromatic rings. The highest BCUT2D eigenvalue weighted by molar-refractivity contribution is 6.36. The highest BCUT2D eigenvalue weighted by Gasteiger charge is 2.36. The van der Waals surface area contributed by atoms with Crippen molar-refractivity contribution in [2.24, 2.45) is 0 Å². The van der Waals surface area contributed by atoms with Crippen molar-refractivity contribution in [1.82, 2.24) is 0 Å². The molecule has 0 unspecified atom stereocenters. The van der Waals surface area contributed by atoms with Crippen LogP contribution in [-0.4, -0.2) is 24.8 Å². The van der Waals surface area contributed by atoms with Crippen molar-refractivity contribution in [2.45, 2.75) is 0 Å². The summed E-state index contributed by atoms with van der Waals surface area (Å²) in [6, 6.07) is 12.6. The van der Waals surface area contributed by atoms with Crippen LogP contribution in [0.3, 0.4) is 0 Å². The number of allylic oxidation sites excluding steroid dienone is 1. The average Bonchev–Trinajstić information content (AvgIpc) is 2.89. The molecule has 0 aromatic heterocycles. The number of nitrogens with zero attached hydrogens (tertiary/aromatic N) is 1. The molecule has 0 spiro atoms. The second-order valence-corrected chi connectivity index (χ2v) is 5.51. The number of nitrogens with one attached hydrogen (secondary N) is 1. The molecule has 0 atom stereocenters. The zero-order valence-electron chi connectivity index (χ0n) is 13.2. The first-order chi connectivity index (χ1) is 12.0. The third kappa shape index (κ3) is 3.25. The molecule has 0 bridgehead atoms. The van der Waals surface area contributed by atoms with E-state index in [4.69, 9.17) is 26.5 Å². The molecule has 3 rings (SSSR count). The van der Waals surface area contributed by atoms with Gasteiger partial charge in [-0.25, -0.2) is 4.90 Å². The first-order valence-electron chi connectivity index (χ1n) is 7.26. The van der Waals surface area contributed by atoms with Gasteiger partial charge in [0.25, 0.3) is 0 Å². The minimum absolute atomic E-state index is 0.231. The van der Waals surface area contributed by atoms with Crippen LogP contribution >= 0.6 is 11.6 Å². The number of carbonyl (C=O) groups is 2. The van der Waals surface area contributed by atoms with Crippen molar-refractivity contribution in [1.29, 1.82) is 5.41 Å². The van der Waals surface area contributed by atoms with Crippen molar-refractivity contribution in [3.8, 4) is 5.75 Å². The van der Waals surface area contributed by atoms with E-state index in [0.717, 1.165) is 11.0 Å². The van der Waals surface area contributed by atoms with Crippen LogP contribution in [0.2, 0.25) is 5.02 Å². The Bertz CT molecular complexity index is 890. The molecule has 6 nitrogen and oxygen atoms in total. The maximum absolute atomic E-state index is 12.5. The Labute approximate surface area is 148 Å². The van der Waals surface area contributed by atoms with Gasteiger partial charge in [-0.1, -0.05) is 23.7 Å². The largest absolute Gasteiger partial charge is 0.497 e. The van der Waals surface area contributed by atoms with Crippen LogP contribution in [0, 0.1) is 5.41 Å². The molecule has 25 heavy (non-hydrogen) atoms. The molecule has 0 aliphatic carbocycles. The van der Waals surface area contributed by atoms with Crippen molar-refractivity contribution < 1.29 is 19.1 Å². The van der Waals surface area contributed by atoms with Crippen LogP contribution in [-0.2, 0) is 9.53 Å². The first kappa shape index (κ1) is 16.7. The minimum atomic E-state index is -0.625. The molecule has 0 radical (unpaired) electrons. The zero-order valence-corrected chi connectivity index (χ0v) is 13.9. The number of amides is 1. The molecule has 0 saturated carbocycles. The first-order valence-corrected chi connectivity index (χ1v) is 7.64. The number of para-hydroxylation sites is 1. The number of methoxy groups -OCH3 is 1. The standard InChI is InChI=1S/C18H13ClN2O4/c1-24-12-8-6-11(7-9-12)15(22)10-16-17(23)21(18(20)25-16)14-5-3-2-4-13(14)19/h2-10,20H,1H3. The van der Waals surface area contributed by atoms with Crippen molar-refractivity contribution >= 4 is 35.0 Å². The van der Waals surface area contributed by atoms with Crippen molar-refractivity contribution in [2.75, 3.05) is 12.0 Å². The fraction of sp³-hybridized carbons (Fsp3) is 0.0556. The molecule has 1 amide bonds. The van der Waals surface area contributed by atoms with Crippen LogP contribution in [0.25, 0.3) is 0 Å². The van der Waals surface area contributed by atoms with E-state index in [2.05, 4.69) is 0 Å². The maximum atomic E-state index is 12.5. The lowest BCUT2D eigenvalue weighted by Gasteiger charge is -2.13. The van der Waals surface area contributed by atoms with E-state index >= 15 is 0 Å². The SMILES string of the molecule is COc1ccc(C(=O)C=C2OC(=N)N(c3ccccc3Cl)C2=O)cc1. The summed E-state index contributed by atoms with van der Waals surface area (Å²) in [6.45, 7) is 0. The Balaban J connectivity index is 1.87. The number of halogens is 1. The molecule has 1 aliphatic rings. The van der Waals surface area contributed by atoms with Gasteiger partial charge in [0.1, 0.15) is 5.75 Å². The molecule has 7 heteroatoms. The van der Waals surface area contributed by atoms with Crippen LogP contribution in [0.15, 0.2) is 60.4 Å². The van der Waals surface area contributed by atoms with E-state index in [9.17, 15) is 9.59 Å². The Kier molecular flexibility index (Phi) is 4.54. The summed E-state index contributed by atoms with van der Waals surface area (Å²) >= 11 is 6.07. The molecule has 1 fully saturated rings. The highest BCUT2D eigenvalue weighted by Crippen LogP contribution is 2.30. The molecule has 1 heterocycles. The number of ketones is 1. The van der Waals surface area contributed by atoms with Crippen LogP contribution < -0.4 is 9.64 Å². The van der Waals surface area contributed by atoms with Crippen LogP contribution in [0.5, 0.6) is 5.75 Å². The maximum Gasteiger partial charge on any atom is 0.302 e. The fourth-order valence-corrected chi connectivity index (χ4v) is 2.52. The van der Waals surface area contributed by atoms with Gasteiger partial charge in [0.05, 0.1) is 17.8 Å². The van der Waals surface area contributed by atoms with Crippen LogP contribution in [0.4, 0.5) is 5.69 Å². The number of rotatable bonds is 4. The monoisotopic (exact) mass is 356 g/mol. The highest BCUT2D eigenvalue weighted by atomic mass is 35.5. The summed E-state index contributed by atoms with van der Waals surface area (Å²) < 4.78 is 10.2. The lowest BCUT2D eigenvalue weighted by atomic mass is 10.1. The molecular weight excluding hydrogens is 344 g/mol. The number of ether oxygens (including phenoxy) is 2. The summed E-state index contributed by atoms with van der Waals surface area (Å²) in [5, 5.41) is 8.16. The van der Waals surface area contributed by atoms with Gasteiger partial charge in [0, 0.05) is 11.6 Å². The lowest BCUT2D eigenvalue weighted by molar-refractivity contribution is -0.114. The van der Waals surface area contributed by atoms with Gasteiger partial charge < -0.3 is 9.47 Å². The van der Waals surface area contributed by atoms with E-state index < -0.39 is 17.7 Å². The Hall–Kier alpha value is -3.12. The Morgan fingerprint density at radius 2 is 1.88 bits per heavy atom. The van der Waals surface area contributed by atoms with Gasteiger partial charge in [-0.3, -0.25) is 15.0 Å². The van der Waals surface area contributed by atoms with Gasteiger partial charge in [0.15, 0.2) is 5.78 Å². The Morgan fingerprint density at radius 3 is 2.52 bits per heavy atom. The number of benzene rings is 2. The molecule has 2 aromatic carbocycles. The number of anilines is 1. The van der Waals surface area contributed by atoms with Crippen molar-refractivity contribution in [3.63, 3.8) is 0 Å². The topological polar surface area (TPSA) is 79.7 Å². The van der Waals surface area contributed by atoms with E-state index in [0.29, 0.717) is 22.0 Å². The molecule has 1 aliphatic heterocycles. The van der Waals surface area contributed by atoms with E-state index in [1.165, 1.54) is 7.11 Å². The number of hydrogen-bond acceptors (Lipinski definition) is 5. The average molecular weight is 357 g/mol. The van der Waals surface area contributed by atoms with E-state index in [1.54, 1.807) is 48.5 Å². The van der Waals surface area contributed by atoms with E-state index in [-0.39, 0.29) is 5.76 Å². The Morgan fingerprint density at radius 1 is 1.20 bits per heavy atom. The van der Waals surface area contributed by atoms with Gasteiger partial charge in [0.2, 0.25) is 5.76 Å². The second-order valence-electron chi connectivity index (χ2n) is 5.10. The third-order valence-electron chi connectivity index (χ3n) is 3.55. The normalized spacial score (nSPS) is 15.4. The van der Waals surface area contributed by atoms with E-state index in [1.807, 2.05) is 0 Å². The van der Waals surface area contributed by atoms with Gasteiger partial charge in [-0.15, -0.1) is 0 Å². The molecular formula is C18H13ClN2O4. The smallest absolute Gasteiger partial charge is 0.302 e. The summed E-state index contributed by atoms with van der Waals surface area (Å²) in [5.74, 6) is -0.658.